The zero-order valence-electron chi connectivity index (χ0n) is 24.2. The van der Waals surface area contributed by atoms with E-state index in [-0.39, 0.29) is 11.1 Å². The Kier molecular flexibility index (Phi) is 10.5. The zero-order valence-corrected chi connectivity index (χ0v) is 24.2. The van der Waals surface area contributed by atoms with E-state index in [4.69, 9.17) is 14.2 Å². The number of nitrogens with zero attached hydrogens (tertiary/aromatic N) is 1. The van der Waals surface area contributed by atoms with Gasteiger partial charge in [0.2, 0.25) is 0 Å². The lowest BCUT2D eigenvalue weighted by Crippen LogP contribution is -2.27. The Morgan fingerprint density at radius 3 is 1.93 bits per heavy atom. The summed E-state index contributed by atoms with van der Waals surface area (Å²) in [7, 11) is 1.55. The first kappa shape index (κ1) is 29.8. The maximum absolute atomic E-state index is 16.5. The molecule has 6 heteroatoms. The highest BCUT2D eigenvalue weighted by atomic mass is 19.1. The van der Waals surface area contributed by atoms with Crippen LogP contribution in [0.2, 0.25) is 0 Å². The summed E-state index contributed by atoms with van der Waals surface area (Å²) in [5.41, 5.74) is 3.16. The van der Waals surface area contributed by atoms with Gasteiger partial charge < -0.3 is 19.1 Å². The van der Waals surface area contributed by atoms with Crippen LogP contribution in [0.15, 0.2) is 91.0 Å². The number of hydrogen-bond donors (Lipinski definition) is 0. The number of halogens is 1. The number of benzene rings is 4. The molecule has 0 saturated carbocycles. The number of anilines is 1. The van der Waals surface area contributed by atoms with Crippen molar-refractivity contribution >= 4 is 11.7 Å². The van der Waals surface area contributed by atoms with Gasteiger partial charge in [0, 0.05) is 31.3 Å². The molecule has 0 bridgehead atoms. The number of carbonyl (C=O) groups excluding carboxylic acids is 1. The Bertz CT molecular complexity index is 1370. The highest BCUT2D eigenvalue weighted by molar-refractivity contribution is 5.98. The van der Waals surface area contributed by atoms with Crippen LogP contribution in [0.1, 0.15) is 65.4 Å². The van der Waals surface area contributed by atoms with Crippen molar-refractivity contribution < 1.29 is 23.4 Å². The molecule has 0 radical (unpaired) electrons. The van der Waals surface area contributed by atoms with E-state index in [1.807, 2.05) is 73.7 Å². The van der Waals surface area contributed by atoms with Gasteiger partial charge in [-0.25, -0.2) is 9.18 Å². The van der Waals surface area contributed by atoms with Gasteiger partial charge in [0.05, 0.1) is 18.4 Å². The summed E-state index contributed by atoms with van der Waals surface area (Å²) < 4.78 is 34.4. The van der Waals surface area contributed by atoms with Crippen molar-refractivity contribution in [2.24, 2.45) is 0 Å². The number of carbonyl (C=O) groups is 1. The second-order valence-electron chi connectivity index (χ2n) is 10.0. The maximum atomic E-state index is 16.5. The fraction of sp³-hybridized carbons (Fsp3) is 0.286. The minimum Gasteiger partial charge on any atom is -0.490 e. The first-order valence-electron chi connectivity index (χ1n) is 14.1. The van der Waals surface area contributed by atoms with Gasteiger partial charge in [0.25, 0.3) is 0 Å². The predicted molar refractivity (Wildman–Crippen MR) is 161 cm³/mol. The van der Waals surface area contributed by atoms with Gasteiger partial charge in [0.15, 0.2) is 5.75 Å². The lowest BCUT2D eigenvalue weighted by molar-refractivity contribution is 0.0727. The third-order valence-corrected chi connectivity index (χ3v) is 7.05. The minimum atomic E-state index is -0.670. The van der Waals surface area contributed by atoms with Crippen molar-refractivity contribution in [1.82, 2.24) is 0 Å². The van der Waals surface area contributed by atoms with E-state index in [0.717, 1.165) is 24.0 Å². The van der Waals surface area contributed by atoms with Gasteiger partial charge in [0.1, 0.15) is 17.1 Å². The molecule has 5 nitrogen and oxygen atoms in total. The van der Waals surface area contributed by atoms with Crippen LogP contribution in [0.3, 0.4) is 0 Å². The minimum absolute atomic E-state index is 0.0793. The third kappa shape index (κ3) is 7.33. The summed E-state index contributed by atoms with van der Waals surface area (Å²) in [4.78, 5) is 15.8. The Morgan fingerprint density at radius 2 is 1.41 bits per heavy atom. The quantitative estimate of drug-likeness (QED) is 0.0941. The molecule has 0 aliphatic carbocycles. The molecule has 0 heterocycles. The molecule has 0 aliphatic heterocycles. The molecule has 0 fully saturated rings. The SMILES string of the molecule is CCCCOc1c(C(=O)Oc2ccccc2)c(C)c(F)c(C(C)OC)c1N(Cc1ccccc1)Cc1ccccc1. The Balaban J connectivity index is 1.97. The predicted octanol–water partition coefficient (Wildman–Crippen LogP) is 8.45. The number of esters is 1. The van der Waals surface area contributed by atoms with Crippen LogP contribution in [-0.2, 0) is 17.8 Å². The Labute approximate surface area is 242 Å². The lowest BCUT2D eigenvalue weighted by Gasteiger charge is -2.33. The van der Waals surface area contributed by atoms with Crippen LogP contribution in [0.25, 0.3) is 0 Å². The fourth-order valence-electron chi connectivity index (χ4n) is 4.80. The Morgan fingerprint density at radius 1 is 0.878 bits per heavy atom. The maximum Gasteiger partial charge on any atom is 0.347 e. The van der Waals surface area contributed by atoms with E-state index >= 15 is 4.39 Å². The molecular weight excluding hydrogens is 517 g/mol. The van der Waals surface area contributed by atoms with Crippen LogP contribution in [-0.4, -0.2) is 19.7 Å². The van der Waals surface area contributed by atoms with E-state index in [1.165, 1.54) is 0 Å². The molecule has 4 aromatic rings. The van der Waals surface area contributed by atoms with Gasteiger partial charge in [-0.3, -0.25) is 0 Å². The molecule has 1 atom stereocenters. The number of methoxy groups -OCH3 is 1. The number of rotatable bonds is 13. The van der Waals surface area contributed by atoms with Crippen molar-refractivity contribution in [1.29, 1.82) is 0 Å². The third-order valence-electron chi connectivity index (χ3n) is 7.05. The number of ether oxygens (including phenoxy) is 3. The Hall–Kier alpha value is -4.16. The topological polar surface area (TPSA) is 48.0 Å². The monoisotopic (exact) mass is 555 g/mol. The molecule has 0 amide bonds. The molecule has 1 unspecified atom stereocenters. The van der Waals surface area contributed by atoms with E-state index < -0.39 is 17.9 Å². The highest BCUT2D eigenvalue weighted by Crippen LogP contribution is 2.45. The van der Waals surface area contributed by atoms with Crippen molar-refractivity contribution in [2.45, 2.75) is 52.8 Å². The number of unbranched alkanes of at least 4 members (excludes halogenated alkanes) is 1. The van der Waals surface area contributed by atoms with Crippen LogP contribution < -0.4 is 14.4 Å². The summed E-state index contributed by atoms with van der Waals surface area (Å²) in [6.07, 6.45) is 1.07. The number of hydrogen-bond acceptors (Lipinski definition) is 5. The molecular formula is C35H38FNO4. The summed E-state index contributed by atoms with van der Waals surface area (Å²) in [5, 5.41) is 0. The summed E-state index contributed by atoms with van der Waals surface area (Å²) in [6.45, 7) is 6.75. The molecule has 4 rings (SSSR count). The van der Waals surface area contributed by atoms with Crippen molar-refractivity contribution in [3.8, 4) is 11.5 Å². The molecule has 0 spiro atoms. The molecule has 214 valence electrons. The van der Waals surface area contributed by atoms with Gasteiger partial charge in [-0.1, -0.05) is 92.2 Å². The van der Waals surface area contributed by atoms with E-state index in [0.29, 0.717) is 42.4 Å². The van der Waals surface area contributed by atoms with Crippen LogP contribution >= 0.6 is 0 Å². The summed E-state index contributed by atoms with van der Waals surface area (Å²) >= 11 is 0. The number of para-hydroxylation sites is 1. The smallest absolute Gasteiger partial charge is 0.347 e. The van der Waals surface area contributed by atoms with Crippen LogP contribution in [0, 0.1) is 12.7 Å². The highest BCUT2D eigenvalue weighted by Gasteiger charge is 2.33. The molecule has 0 N–H and O–H groups in total. The van der Waals surface area contributed by atoms with E-state index in [9.17, 15) is 4.79 Å². The second kappa shape index (κ2) is 14.5. The van der Waals surface area contributed by atoms with Crippen molar-refractivity contribution in [2.75, 3.05) is 18.6 Å². The average molecular weight is 556 g/mol. The first-order chi connectivity index (χ1) is 19.9. The van der Waals surface area contributed by atoms with E-state index in [2.05, 4.69) is 11.8 Å². The van der Waals surface area contributed by atoms with Crippen molar-refractivity contribution in [3.05, 3.63) is 125 Å². The summed E-state index contributed by atoms with van der Waals surface area (Å²) in [6, 6.07) is 28.8. The van der Waals surface area contributed by atoms with Gasteiger partial charge >= 0.3 is 5.97 Å². The average Bonchev–Trinajstić information content (AvgIpc) is 2.99. The first-order valence-corrected chi connectivity index (χ1v) is 14.1. The molecule has 0 aromatic heterocycles. The lowest BCUT2D eigenvalue weighted by atomic mass is 9.95. The molecule has 41 heavy (non-hydrogen) atoms. The standard InChI is InChI=1S/C35H38FNO4/c1-5-6-22-40-34-30(35(38)41-29-20-14-9-15-21-29)25(2)32(36)31(26(3)39-4)33(34)37(23-27-16-10-7-11-17-27)24-28-18-12-8-13-19-28/h7-21,26H,5-6,22-24H2,1-4H3. The molecule has 0 aliphatic rings. The van der Waals surface area contributed by atoms with Gasteiger partial charge in [-0.2, -0.15) is 0 Å². The fourth-order valence-corrected chi connectivity index (χ4v) is 4.80. The van der Waals surface area contributed by atoms with Crippen LogP contribution in [0.5, 0.6) is 11.5 Å². The molecule has 0 saturated heterocycles. The van der Waals surface area contributed by atoms with Crippen LogP contribution in [0.4, 0.5) is 10.1 Å². The summed E-state index contributed by atoms with van der Waals surface area (Å²) in [5.74, 6) is -0.498. The van der Waals surface area contributed by atoms with Crippen molar-refractivity contribution in [3.63, 3.8) is 0 Å². The molecule has 4 aromatic carbocycles. The largest absolute Gasteiger partial charge is 0.490 e. The zero-order chi connectivity index (χ0) is 29.2. The van der Waals surface area contributed by atoms with Gasteiger partial charge in [-0.15, -0.1) is 0 Å². The second-order valence-corrected chi connectivity index (χ2v) is 10.0. The normalized spacial score (nSPS) is 11.6. The van der Waals surface area contributed by atoms with Gasteiger partial charge in [-0.05, 0) is 43.5 Å². The van der Waals surface area contributed by atoms with E-state index in [1.54, 1.807) is 38.3 Å².